The van der Waals surface area contributed by atoms with E-state index >= 15 is 0 Å². The first-order valence-electron chi connectivity index (χ1n) is 8.14. The smallest absolute Gasteiger partial charge is 0.334 e. The van der Waals surface area contributed by atoms with E-state index in [-0.39, 0.29) is 5.97 Å². The van der Waals surface area contributed by atoms with E-state index in [2.05, 4.69) is 30.8 Å². The van der Waals surface area contributed by atoms with Crippen LogP contribution in [0.5, 0.6) is 0 Å². The summed E-state index contributed by atoms with van der Waals surface area (Å²) in [5, 5.41) is 0. The number of ether oxygens (including phenoxy) is 1. The van der Waals surface area contributed by atoms with E-state index < -0.39 is 5.60 Å². The standard InChI is InChI=1S/C21H22O2/c1-16(2)20(22)23-21(19-14-9-15-19,17-10-5-3-6-11-17)18-12-7-4-8-13-18/h3-8,10-13,19H,1,9,14-15H2,2H3. The maximum atomic E-state index is 12.4. The Balaban J connectivity index is 2.17. The van der Waals surface area contributed by atoms with Crippen LogP contribution >= 0.6 is 0 Å². The number of carbonyl (C=O) groups excluding carboxylic acids is 1. The molecule has 1 fully saturated rings. The van der Waals surface area contributed by atoms with Gasteiger partial charge in [0.2, 0.25) is 0 Å². The number of rotatable bonds is 5. The predicted octanol–water partition coefficient (Wildman–Crippen LogP) is 4.85. The lowest BCUT2D eigenvalue weighted by Gasteiger charge is -2.45. The van der Waals surface area contributed by atoms with E-state index in [1.807, 2.05) is 36.4 Å². The fourth-order valence-corrected chi connectivity index (χ4v) is 3.26. The Morgan fingerprint density at radius 3 is 1.83 bits per heavy atom. The van der Waals surface area contributed by atoms with Gasteiger partial charge < -0.3 is 4.74 Å². The third-order valence-corrected chi connectivity index (χ3v) is 4.69. The zero-order valence-corrected chi connectivity index (χ0v) is 13.5. The predicted molar refractivity (Wildman–Crippen MR) is 91.9 cm³/mol. The highest BCUT2D eigenvalue weighted by Gasteiger charge is 2.48. The van der Waals surface area contributed by atoms with Gasteiger partial charge in [0.25, 0.3) is 0 Å². The van der Waals surface area contributed by atoms with E-state index in [1.165, 1.54) is 6.42 Å². The van der Waals surface area contributed by atoms with Crippen LogP contribution in [0.1, 0.15) is 37.3 Å². The molecule has 1 aliphatic rings. The van der Waals surface area contributed by atoms with E-state index in [4.69, 9.17) is 4.74 Å². The van der Waals surface area contributed by atoms with Gasteiger partial charge in [0.1, 0.15) is 0 Å². The van der Waals surface area contributed by atoms with Crippen molar-refractivity contribution in [2.24, 2.45) is 5.92 Å². The maximum absolute atomic E-state index is 12.4. The van der Waals surface area contributed by atoms with Crippen LogP contribution in [0.2, 0.25) is 0 Å². The Kier molecular flexibility index (Phi) is 4.33. The Morgan fingerprint density at radius 1 is 1.00 bits per heavy atom. The van der Waals surface area contributed by atoms with Gasteiger partial charge in [0.05, 0.1) is 0 Å². The van der Waals surface area contributed by atoms with Crippen molar-refractivity contribution < 1.29 is 9.53 Å². The summed E-state index contributed by atoms with van der Waals surface area (Å²) in [6.45, 7) is 5.45. The van der Waals surface area contributed by atoms with Gasteiger partial charge in [-0.05, 0) is 19.8 Å². The van der Waals surface area contributed by atoms with Crippen molar-refractivity contribution in [3.05, 3.63) is 83.9 Å². The van der Waals surface area contributed by atoms with Crippen LogP contribution in [-0.4, -0.2) is 5.97 Å². The zero-order chi connectivity index (χ0) is 16.3. The van der Waals surface area contributed by atoms with Crippen molar-refractivity contribution in [2.45, 2.75) is 31.8 Å². The molecule has 3 rings (SSSR count). The van der Waals surface area contributed by atoms with Crippen molar-refractivity contribution >= 4 is 5.97 Å². The summed E-state index contributed by atoms with van der Waals surface area (Å²) >= 11 is 0. The Labute approximate surface area is 137 Å². The second-order valence-electron chi connectivity index (χ2n) is 6.27. The molecular formula is C21H22O2. The van der Waals surface area contributed by atoms with Crippen LogP contribution in [0.15, 0.2) is 72.8 Å². The molecule has 0 aromatic heterocycles. The number of benzene rings is 2. The summed E-state index contributed by atoms with van der Waals surface area (Å²) in [5.41, 5.74) is 1.77. The van der Waals surface area contributed by atoms with Gasteiger partial charge in [0.15, 0.2) is 5.60 Å². The first kappa shape index (κ1) is 15.5. The summed E-state index contributed by atoms with van der Waals surface area (Å²) in [6.07, 6.45) is 3.30. The van der Waals surface area contributed by atoms with Crippen LogP contribution in [0.3, 0.4) is 0 Å². The summed E-state index contributed by atoms with van der Waals surface area (Å²) in [4.78, 5) is 12.4. The van der Waals surface area contributed by atoms with Gasteiger partial charge in [-0.15, -0.1) is 0 Å². The van der Waals surface area contributed by atoms with Crippen molar-refractivity contribution in [1.82, 2.24) is 0 Å². The van der Waals surface area contributed by atoms with Gasteiger partial charge in [-0.2, -0.15) is 0 Å². The molecule has 0 atom stereocenters. The summed E-state index contributed by atoms with van der Waals surface area (Å²) < 4.78 is 6.14. The molecule has 2 aromatic rings. The van der Waals surface area contributed by atoms with Crippen molar-refractivity contribution in [3.8, 4) is 0 Å². The van der Waals surface area contributed by atoms with E-state index in [9.17, 15) is 4.79 Å². The normalized spacial score (nSPS) is 14.8. The van der Waals surface area contributed by atoms with Crippen LogP contribution in [-0.2, 0) is 15.1 Å². The fraction of sp³-hybridized carbons (Fsp3) is 0.286. The minimum Gasteiger partial charge on any atom is -0.446 e. The molecule has 23 heavy (non-hydrogen) atoms. The molecule has 0 aliphatic heterocycles. The molecule has 2 aromatic carbocycles. The van der Waals surface area contributed by atoms with Gasteiger partial charge in [-0.3, -0.25) is 0 Å². The Hall–Kier alpha value is -2.35. The zero-order valence-electron chi connectivity index (χ0n) is 13.5. The molecule has 0 saturated heterocycles. The lowest BCUT2D eigenvalue weighted by molar-refractivity contribution is -0.161. The molecule has 0 spiro atoms. The van der Waals surface area contributed by atoms with Crippen LogP contribution < -0.4 is 0 Å². The number of hydrogen-bond acceptors (Lipinski definition) is 2. The topological polar surface area (TPSA) is 26.3 Å². The average Bonchev–Trinajstić information content (AvgIpc) is 2.54. The number of hydrogen-bond donors (Lipinski definition) is 0. The summed E-state index contributed by atoms with van der Waals surface area (Å²) in [5.74, 6) is -0.0276. The van der Waals surface area contributed by atoms with Crippen molar-refractivity contribution in [3.63, 3.8) is 0 Å². The van der Waals surface area contributed by atoms with Gasteiger partial charge >= 0.3 is 5.97 Å². The highest BCUT2D eigenvalue weighted by atomic mass is 16.6. The van der Waals surface area contributed by atoms with E-state index in [1.54, 1.807) is 6.92 Å². The molecule has 0 unspecified atom stereocenters. The minimum absolute atomic E-state index is 0.301. The first-order valence-corrected chi connectivity index (χ1v) is 8.14. The lowest BCUT2D eigenvalue weighted by atomic mass is 9.66. The number of carbonyl (C=O) groups is 1. The second kappa shape index (κ2) is 6.41. The van der Waals surface area contributed by atoms with Crippen LogP contribution in [0, 0.1) is 5.92 Å². The Morgan fingerprint density at radius 2 is 1.48 bits per heavy atom. The van der Waals surface area contributed by atoms with Gasteiger partial charge in [-0.1, -0.05) is 73.7 Å². The molecule has 118 valence electrons. The summed E-state index contributed by atoms with van der Waals surface area (Å²) in [6, 6.07) is 20.2. The van der Waals surface area contributed by atoms with Crippen LogP contribution in [0.25, 0.3) is 0 Å². The third-order valence-electron chi connectivity index (χ3n) is 4.69. The molecule has 1 saturated carbocycles. The molecule has 0 N–H and O–H groups in total. The highest BCUT2D eigenvalue weighted by molar-refractivity contribution is 5.87. The highest BCUT2D eigenvalue weighted by Crippen LogP contribution is 2.49. The molecule has 0 heterocycles. The number of esters is 1. The third kappa shape index (κ3) is 2.81. The van der Waals surface area contributed by atoms with E-state index in [0.29, 0.717) is 11.5 Å². The SMILES string of the molecule is C=C(C)C(=O)OC(c1ccccc1)(c1ccccc1)C1CCC1. The molecule has 2 heteroatoms. The lowest BCUT2D eigenvalue weighted by Crippen LogP contribution is -2.44. The molecule has 0 bridgehead atoms. The second-order valence-corrected chi connectivity index (χ2v) is 6.27. The Bertz CT molecular complexity index is 645. The molecular weight excluding hydrogens is 284 g/mol. The summed E-state index contributed by atoms with van der Waals surface area (Å²) in [7, 11) is 0. The first-order chi connectivity index (χ1) is 11.1. The fourth-order valence-electron chi connectivity index (χ4n) is 3.26. The van der Waals surface area contributed by atoms with Crippen LogP contribution in [0.4, 0.5) is 0 Å². The molecule has 0 radical (unpaired) electrons. The van der Waals surface area contributed by atoms with Crippen molar-refractivity contribution in [2.75, 3.05) is 0 Å². The quantitative estimate of drug-likeness (QED) is 0.583. The van der Waals surface area contributed by atoms with E-state index in [0.717, 1.165) is 24.0 Å². The van der Waals surface area contributed by atoms with Gasteiger partial charge in [-0.25, -0.2) is 4.79 Å². The van der Waals surface area contributed by atoms with Gasteiger partial charge in [0, 0.05) is 22.6 Å². The maximum Gasteiger partial charge on any atom is 0.334 e. The molecule has 1 aliphatic carbocycles. The molecule has 0 amide bonds. The largest absolute Gasteiger partial charge is 0.446 e. The van der Waals surface area contributed by atoms with Crippen molar-refractivity contribution in [1.29, 1.82) is 0 Å². The monoisotopic (exact) mass is 306 g/mol. The minimum atomic E-state index is -0.725. The average molecular weight is 306 g/mol. The molecule has 2 nitrogen and oxygen atoms in total.